The van der Waals surface area contributed by atoms with Crippen LogP contribution in [0.5, 0.6) is 0 Å². The molecule has 4 rings (SSSR count). The third kappa shape index (κ3) is 4.93. The average Bonchev–Trinajstić information content (AvgIpc) is 3.25. The van der Waals surface area contributed by atoms with E-state index >= 15 is 0 Å². The molecular formula is C23H30N4O2. The molecule has 6 heteroatoms. The predicted octanol–water partition coefficient (Wildman–Crippen LogP) is 3.52. The van der Waals surface area contributed by atoms with Crippen LogP contribution in [0.2, 0.25) is 0 Å². The minimum atomic E-state index is -0.0677. The van der Waals surface area contributed by atoms with Crippen LogP contribution in [0.25, 0.3) is 11.3 Å². The lowest BCUT2D eigenvalue weighted by Gasteiger charge is -2.17. The van der Waals surface area contributed by atoms with Crippen LogP contribution in [0.4, 0.5) is 5.69 Å². The van der Waals surface area contributed by atoms with Crippen molar-refractivity contribution in [2.75, 3.05) is 25.0 Å². The number of hydrogen-bond acceptors (Lipinski definition) is 4. The van der Waals surface area contributed by atoms with E-state index in [1.807, 2.05) is 24.3 Å². The molecule has 0 saturated carbocycles. The molecule has 1 amide bonds. The quantitative estimate of drug-likeness (QED) is 0.705. The predicted molar refractivity (Wildman–Crippen MR) is 115 cm³/mol. The lowest BCUT2D eigenvalue weighted by atomic mass is 9.90. The van der Waals surface area contributed by atoms with Gasteiger partial charge in [-0.2, -0.15) is 5.10 Å². The van der Waals surface area contributed by atoms with Crippen molar-refractivity contribution in [2.24, 2.45) is 0 Å². The number of nitrogens with zero attached hydrogens (tertiary/aromatic N) is 2. The van der Waals surface area contributed by atoms with Gasteiger partial charge >= 0.3 is 0 Å². The van der Waals surface area contributed by atoms with Gasteiger partial charge in [-0.25, -0.2) is 5.10 Å². The van der Waals surface area contributed by atoms with E-state index in [1.165, 1.54) is 25.9 Å². The smallest absolute Gasteiger partial charge is 0.267 e. The molecule has 1 aromatic carbocycles. The summed E-state index contributed by atoms with van der Waals surface area (Å²) in [4.78, 5) is 26.9. The normalized spacial score (nSPS) is 16.6. The topological polar surface area (TPSA) is 78.1 Å². The monoisotopic (exact) mass is 394 g/mol. The molecule has 0 bridgehead atoms. The minimum absolute atomic E-state index is 0.0556. The molecule has 2 aliphatic rings. The Hall–Kier alpha value is -2.47. The molecular weight excluding hydrogens is 364 g/mol. The number of aromatic amines is 1. The van der Waals surface area contributed by atoms with Crippen molar-refractivity contribution in [3.63, 3.8) is 0 Å². The Morgan fingerprint density at radius 2 is 1.86 bits per heavy atom. The van der Waals surface area contributed by atoms with Gasteiger partial charge in [0, 0.05) is 23.2 Å². The molecule has 0 unspecified atom stereocenters. The first-order chi connectivity index (χ1) is 14.2. The number of aromatic nitrogens is 2. The van der Waals surface area contributed by atoms with Crippen molar-refractivity contribution in [2.45, 2.75) is 57.8 Å². The summed E-state index contributed by atoms with van der Waals surface area (Å²) < 4.78 is 0. The Labute approximate surface area is 171 Å². The van der Waals surface area contributed by atoms with Crippen LogP contribution >= 0.6 is 0 Å². The summed E-state index contributed by atoms with van der Waals surface area (Å²) in [7, 11) is 0. The van der Waals surface area contributed by atoms with Gasteiger partial charge in [-0.05, 0) is 88.7 Å². The highest BCUT2D eigenvalue weighted by atomic mass is 16.1. The average molecular weight is 395 g/mol. The lowest BCUT2D eigenvalue weighted by molar-refractivity contribution is -0.116. The first-order valence-electron chi connectivity index (χ1n) is 10.9. The molecule has 0 atom stereocenters. The number of carbonyl (C=O) groups excluding carboxylic acids is 1. The van der Waals surface area contributed by atoms with E-state index in [9.17, 15) is 9.59 Å². The van der Waals surface area contributed by atoms with Gasteiger partial charge in [0.05, 0.1) is 5.69 Å². The number of likely N-dealkylation sites (tertiary alicyclic amines) is 1. The highest BCUT2D eigenvalue weighted by Gasteiger charge is 2.19. The molecule has 1 aromatic heterocycles. The summed E-state index contributed by atoms with van der Waals surface area (Å²) >= 11 is 0. The van der Waals surface area contributed by atoms with Crippen LogP contribution in [0.15, 0.2) is 29.1 Å². The maximum absolute atomic E-state index is 12.3. The number of benzene rings is 1. The van der Waals surface area contributed by atoms with E-state index in [-0.39, 0.29) is 11.5 Å². The molecule has 1 saturated heterocycles. The fraction of sp³-hybridized carbons (Fsp3) is 0.522. The van der Waals surface area contributed by atoms with E-state index in [0.29, 0.717) is 6.42 Å². The molecule has 1 fully saturated rings. The van der Waals surface area contributed by atoms with Crippen molar-refractivity contribution in [3.05, 3.63) is 45.7 Å². The van der Waals surface area contributed by atoms with Crippen LogP contribution < -0.4 is 10.9 Å². The van der Waals surface area contributed by atoms with Crippen molar-refractivity contribution >= 4 is 11.6 Å². The van der Waals surface area contributed by atoms with Crippen molar-refractivity contribution in [1.29, 1.82) is 0 Å². The van der Waals surface area contributed by atoms with E-state index in [1.54, 1.807) is 0 Å². The number of carbonyl (C=O) groups is 1. The van der Waals surface area contributed by atoms with Gasteiger partial charge in [-0.3, -0.25) is 9.59 Å². The van der Waals surface area contributed by atoms with Gasteiger partial charge in [0.2, 0.25) is 5.91 Å². The second-order valence-corrected chi connectivity index (χ2v) is 8.20. The van der Waals surface area contributed by atoms with Crippen molar-refractivity contribution < 1.29 is 4.79 Å². The van der Waals surface area contributed by atoms with E-state index in [0.717, 1.165) is 73.1 Å². The summed E-state index contributed by atoms with van der Waals surface area (Å²) in [6, 6.07) is 7.78. The number of rotatable bonds is 7. The minimum Gasteiger partial charge on any atom is -0.326 e. The highest BCUT2D eigenvalue weighted by molar-refractivity contribution is 5.91. The molecule has 0 radical (unpaired) electrons. The molecule has 1 aliphatic heterocycles. The summed E-state index contributed by atoms with van der Waals surface area (Å²) in [5, 5.41) is 9.99. The molecule has 154 valence electrons. The number of nitrogens with one attached hydrogen (secondary N) is 2. The Bertz CT molecular complexity index is 915. The summed E-state index contributed by atoms with van der Waals surface area (Å²) in [5.74, 6) is 0.0556. The zero-order valence-electron chi connectivity index (χ0n) is 17.0. The van der Waals surface area contributed by atoms with Crippen LogP contribution in [0.3, 0.4) is 0 Å². The Balaban J connectivity index is 1.38. The molecule has 1 aliphatic carbocycles. The Morgan fingerprint density at radius 1 is 1.07 bits per heavy atom. The molecule has 2 aromatic rings. The summed E-state index contributed by atoms with van der Waals surface area (Å²) in [6.45, 7) is 3.52. The van der Waals surface area contributed by atoms with Crippen LogP contribution in [0, 0.1) is 0 Å². The molecule has 2 N–H and O–H groups in total. The third-order valence-corrected chi connectivity index (χ3v) is 6.04. The standard InChI is InChI=1S/C23H30N4O2/c28-21(12-3-4-13-27-14-5-6-15-27)24-18-9-7-8-17(16-18)22-19-10-1-2-11-20(19)23(29)26-25-22/h7-9,16H,1-6,10-15H2,(H,24,28)(H,26,29). The Kier molecular flexibility index (Phi) is 6.39. The number of fused-ring (bicyclic) bond motifs is 1. The maximum Gasteiger partial charge on any atom is 0.267 e. The van der Waals surface area contributed by atoms with Crippen LogP contribution in [-0.2, 0) is 17.6 Å². The van der Waals surface area contributed by atoms with Gasteiger partial charge in [0.1, 0.15) is 0 Å². The third-order valence-electron chi connectivity index (χ3n) is 6.04. The Morgan fingerprint density at radius 3 is 2.69 bits per heavy atom. The van der Waals surface area contributed by atoms with Crippen molar-refractivity contribution in [1.82, 2.24) is 15.1 Å². The zero-order chi connectivity index (χ0) is 20.1. The van der Waals surface area contributed by atoms with Gasteiger partial charge in [0.25, 0.3) is 5.56 Å². The van der Waals surface area contributed by atoms with Crippen LogP contribution in [0.1, 0.15) is 56.1 Å². The molecule has 29 heavy (non-hydrogen) atoms. The van der Waals surface area contributed by atoms with Gasteiger partial charge in [-0.1, -0.05) is 12.1 Å². The molecule has 6 nitrogen and oxygen atoms in total. The fourth-order valence-corrected chi connectivity index (χ4v) is 4.49. The maximum atomic E-state index is 12.3. The van der Waals surface area contributed by atoms with Crippen molar-refractivity contribution in [3.8, 4) is 11.3 Å². The van der Waals surface area contributed by atoms with Gasteiger partial charge in [0.15, 0.2) is 0 Å². The van der Waals surface area contributed by atoms with E-state index < -0.39 is 0 Å². The first-order valence-corrected chi connectivity index (χ1v) is 10.9. The SMILES string of the molecule is O=C(CCCCN1CCCC1)Nc1cccc(-c2n[nH]c(=O)c3c2CCCC3)c1. The van der Waals surface area contributed by atoms with E-state index in [2.05, 4.69) is 20.4 Å². The van der Waals surface area contributed by atoms with Gasteiger partial charge in [-0.15, -0.1) is 0 Å². The summed E-state index contributed by atoms with van der Waals surface area (Å²) in [6.07, 6.45) is 8.98. The first kappa shape index (κ1) is 19.8. The second kappa shape index (κ2) is 9.35. The van der Waals surface area contributed by atoms with Crippen LogP contribution in [-0.4, -0.2) is 40.6 Å². The molecule has 0 spiro atoms. The number of H-pyrrole nitrogens is 1. The fourth-order valence-electron chi connectivity index (χ4n) is 4.49. The largest absolute Gasteiger partial charge is 0.326 e. The second-order valence-electron chi connectivity index (χ2n) is 8.20. The molecule has 2 heterocycles. The van der Waals surface area contributed by atoms with Gasteiger partial charge < -0.3 is 10.2 Å². The number of hydrogen-bond donors (Lipinski definition) is 2. The lowest BCUT2D eigenvalue weighted by Crippen LogP contribution is -2.21. The highest BCUT2D eigenvalue weighted by Crippen LogP contribution is 2.29. The number of unbranched alkanes of at least 4 members (excludes halogenated alkanes) is 1. The van der Waals surface area contributed by atoms with E-state index in [4.69, 9.17) is 0 Å². The zero-order valence-corrected chi connectivity index (χ0v) is 17.0. The number of anilines is 1. The number of amides is 1. The summed E-state index contributed by atoms with van der Waals surface area (Å²) in [5.41, 5.74) is 4.41.